The Kier molecular flexibility index (Phi) is 5.15. The number of sulfone groups is 1. The third-order valence-electron chi connectivity index (χ3n) is 4.35. The lowest BCUT2D eigenvalue weighted by Gasteiger charge is -2.23. The number of alkyl halides is 2. The largest absolute Gasteiger partial charge is 0.497 e. The van der Waals surface area contributed by atoms with Gasteiger partial charge in [0.15, 0.2) is 9.84 Å². The first-order chi connectivity index (χ1) is 10.7. The smallest absolute Gasteiger partial charge is 0.387 e. The van der Waals surface area contributed by atoms with E-state index in [9.17, 15) is 17.2 Å². The van der Waals surface area contributed by atoms with Crippen LogP contribution < -0.4 is 14.8 Å². The summed E-state index contributed by atoms with van der Waals surface area (Å²) in [5, 5.41) is 3.11. The lowest BCUT2D eigenvalue weighted by atomic mass is 10.1. The van der Waals surface area contributed by atoms with Crippen LogP contribution >= 0.6 is 0 Å². The van der Waals surface area contributed by atoms with Crippen molar-refractivity contribution in [2.45, 2.75) is 43.7 Å². The SMILES string of the molecule is COc1ccc(OC(F)F)c(CNC(C)C2(S(C)(=O)=O)CC2)c1. The number of benzene rings is 1. The molecule has 0 aliphatic heterocycles. The lowest BCUT2D eigenvalue weighted by Crippen LogP contribution is -2.43. The molecule has 1 aliphatic carbocycles. The van der Waals surface area contributed by atoms with Crippen LogP contribution in [-0.2, 0) is 16.4 Å². The fourth-order valence-corrected chi connectivity index (χ4v) is 4.30. The topological polar surface area (TPSA) is 64.6 Å². The molecular weight excluding hydrogens is 328 g/mol. The summed E-state index contributed by atoms with van der Waals surface area (Å²) < 4.78 is 57.6. The van der Waals surface area contributed by atoms with Gasteiger partial charge in [-0.05, 0) is 38.0 Å². The predicted molar refractivity (Wildman–Crippen MR) is 82.7 cm³/mol. The summed E-state index contributed by atoms with van der Waals surface area (Å²) in [7, 11) is -1.70. The molecule has 0 saturated heterocycles. The van der Waals surface area contributed by atoms with E-state index in [-0.39, 0.29) is 18.3 Å². The quantitative estimate of drug-likeness (QED) is 0.780. The first-order valence-electron chi connectivity index (χ1n) is 7.24. The molecule has 1 atom stereocenters. The second-order valence-electron chi connectivity index (χ2n) is 5.79. The number of hydrogen-bond acceptors (Lipinski definition) is 5. The molecule has 130 valence electrons. The number of hydrogen-bond donors (Lipinski definition) is 1. The minimum atomic E-state index is -3.18. The molecule has 1 aliphatic rings. The molecule has 23 heavy (non-hydrogen) atoms. The molecule has 1 aromatic carbocycles. The van der Waals surface area contributed by atoms with Crippen molar-refractivity contribution < 1.29 is 26.7 Å². The van der Waals surface area contributed by atoms with Crippen LogP contribution in [0.2, 0.25) is 0 Å². The standard InChI is InChI=1S/C15H21F2NO4S/c1-10(15(6-7-15)23(3,19)20)18-9-11-8-12(21-2)4-5-13(11)22-14(16)17/h4-5,8,10,14,18H,6-7,9H2,1-3H3. The molecule has 1 fully saturated rings. The number of methoxy groups -OCH3 is 1. The van der Waals surface area contributed by atoms with Crippen LogP contribution in [0.25, 0.3) is 0 Å². The van der Waals surface area contributed by atoms with E-state index in [0.717, 1.165) is 0 Å². The van der Waals surface area contributed by atoms with Crippen LogP contribution in [0.15, 0.2) is 18.2 Å². The lowest BCUT2D eigenvalue weighted by molar-refractivity contribution is -0.0505. The fraction of sp³-hybridized carbons (Fsp3) is 0.600. The van der Waals surface area contributed by atoms with Crippen LogP contribution in [0.3, 0.4) is 0 Å². The van der Waals surface area contributed by atoms with Gasteiger partial charge in [-0.3, -0.25) is 0 Å². The third-order valence-corrected chi connectivity index (χ3v) is 6.59. The first-order valence-corrected chi connectivity index (χ1v) is 9.13. The third kappa shape index (κ3) is 3.92. The Hall–Kier alpha value is -1.41. The zero-order chi connectivity index (χ0) is 17.3. The fourth-order valence-electron chi connectivity index (χ4n) is 2.73. The second kappa shape index (κ2) is 6.60. The van der Waals surface area contributed by atoms with Gasteiger partial charge in [0.1, 0.15) is 11.5 Å². The van der Waals surface area contributed by atoms with Crippen LogP contribution in [0.5, 0.6) is 11.5 Å². The van der Waals surface area contributed by atoms with Crippen LogP contribution in [-0.4, -0.2) is 39.2 Å². The van der Waals surface area contributed by atoms with E-state index in [0.29, 0.717) is 24.2 Å². The normalized spacial score (nSPS) is 17.8. The minimum Gasteiger partial charge on any atom is -0.497 e. The van der Waals surface area contributed by atoms with E-state index >= 15 is 0 Å². The van der Waals surface area contributed by atoms with Crippen LogP contribution in [0, 0.1) is 0 Å². The van der Waals surface area contributed by atoms with Crippen molar-refractivity contribution in [2.75, 3.05) is 13.4 Å². The second-order valence-corrected chi connectivity index (χ2v) is 8.15. The molecule has 2 rings (SSSR count). The molecule has 0 heterocycles. The molecule has 0 radical (unpaired) electrons. The van der Waals surface area contributed by atoms with E-state index in [1.54, 1.807) is 13.0 Å². The molecule has 0 aromatic heterocycles. The number of nitrogens with one attached hydrogen (secondary N) is 1. The molecule has 0 bridgehead atoms. The molecular formula is C15H21F2NO4S. The van der Waals surface area contributed by atoms with Gasteiger partial charge >= 0.3 is 6.61 Å². The Balaban J connectivity index is 2.13. The van der Waals surface area contributed by atoms with E-state index < -0.39 is 21.2 Å². The molecule has 1 unspecified atom stereocenters. The minimum absolute atomic E-state index is 0.0460. The van der Waals surface area contributed by atoms with Gasteiger partial charge < -0.3 is 14.8 Å². The molecule has 1 aromatic rings. The van der Waals surface area contributed by atoms with Gasteiger partial charge in [-0.2, -0.15) is 8.78 Å². The highest BCUT2D eigenvalue weighted by molar-refractivity contribution is 7.92. The van der Waals surface area contributed by atoms with Crippen molar-refractivity contribution in [2.24, 2.45) is 0 Å². The van der Waals surface area contributed by atoms with Crippen LogP contribution in [0.4, 0.5) is 8.78 Å². The monoisotopic (exact) mass is 349 g/mol. The van der Waals surface area contributed by atoms with Crippen molar-refractivity contribution >= 4 is 9.84 Å². The summed E-state index contributed by atoms with van der Waals surface area (Å²) in [4.78, 5) is 0. The first kappa shape index (κ1) is 17.9. The maximum atomic E-state index is 12.5. The number of halogens is 2. The van der Waals surface area contributed by atoms with Crippen molar-refractivity contribution in [1.82, 2.24) is 5.32 Å². The molecule has 1 saturated carbocycles. The Bertz CT molecular complexity index is 659. The Labute approximate surface area is 134 Å². The Morgan fingerprint density at radius 2 is 2.00 bits per heavy atom. The highest BCUT2D eigenvalue weighted by atomic mass is 32.2. The maximum absolute atomic E-state index is 12.5. The molecule has 8 heteroatoms. The van der Waals surface area contributed by atoms with Gasteiger partial charge in [-0.25, -0.2) is 8.42 Å². The van der Waals surface area contributed by atoms with E-state index in [2.05, 4.69) is 10.1 Å². The van der Waals surface area contributed by atoms with E-state index in [4.69, 9.17) is 4.74 Å². The van der Waals surface area contributed by atoms with E-state index in [1.165, 1.54) is 25.5 Å². The maximum Gasteiger partial charge on any atom is 0.387 e. The number of ether oxygens (including phenoxy) is 2. The molecule has 0 amide bonds. The summed E-state index contributed by atoms with van der Waals surface area (Å²) in [6, 6.07) is 4.25. The Morgan fingerprint density at radius 1 is 1.35 bits per heavy atom. The zero-order valence-electron chi connectivity index (χ0n) is 13.3. The van der Waals surface area contributed by atoms with Gasteiger partial charge in [0, 0.05) is 24.4 Å². The van der Waals surface area contributed by atoms with Gasteiger partial charge in [-0.15, -0.1) is 0 Å². The van der Waals surface area contributed by atoms with Crippen molar-refractivity contribution in [1.29, 1.82) is 0 Å². The highest BCUT2D eigenvalue weighted by Gasteiger charge is 2.55. The Morgan fingerprint density at radius 3 is 2.48 bits per heavy atom. The van der Waals surface area contributed by atoms with Gasteiger partial charge in [0.2, 0.25) is 0 Å². The molecule has 0 spiro atoms. The van der Waals surface area contributed by atoms with Gasteiger partial charge in [0.25, 0.3) is 0 Å². The summed E-state index contributed by atoms with van der Waals surface area (Å²) in [5.74, 6) is 0.560. The number of rotatable bonds is 8. The van der Waals surface area contributed by atoms with Crippen LogP contribution in [0.1, 0.15) is 25.3 Å². The summed E-state index contributed by atoms with van der Waals surface area (Å²) in [5.41, 5.74) is 0.487. The van der Waals surface area contributed by atoms with Crippen molar-refractivity contribution in [3.8, 4) is 11.5 Å². The average Bonchev–Trinajstić information content (AvgIpc) is 3.26. The van der Waals surface area contributed by atoms with Gasteiger partial charge in [-0.1, -0.05) is 0 Å². The van der Waals surface area contributed by atoms with Crippen molar-refractivity contribution in [3.05, 3.63) is 23.8 Å². The van der Waals surface area contributed by atoms with E-state index in [1.807, 2.05) is 0 Å². The average molecular weight is 349 g/mol. The molecule has 5 nitrogen and oxygen atoms in total. The van der Waals surface area contributed by atoms with Gasteiger partial charge in [0.05, 0.1) is 11.9 Å². The summed E-state index contributed by atoms with van der Waals surface area (Å²) >= 11 is 0. The predicted octanol–water partition coefficient (Wildman–Crippen LogP) is 2.35. The summed E-state index contributed by atoms with van der Waals surface area (Å²) in [6.45, 7) is -0.926. The molecule has 1 N–H and O–H groups in total. The highest BCUT2D eigenvalue weighted by Crippen LogP contribution is 2.46. The zero-order valence-corrected chi connectivity index (χ0v) is 14.1. The van der Waals surface area contributed by atoms with Crippen molar-refractivity contribution in [3.63, 3.8) is 0 Å². The summed E-state index contributed by atoms with van der Waals surface area (Å²) in [6.07, 6.45) is 2.45.